The van der Waals surface area contributed by atoms with E-state index in [-0.39, 0.29) is 11.8 Å². The number of ether oxygens (including phenoxy) is 2. The second-order valence-corrected chi connectivity index (χ2v) is 12.2. The van der Waals surface area contributed by atoms with Crippen LogP contribution in [-0.2, 0) is 9.47 Å². The zero-order valence-electron chi connectivity index (χ0n) is 29.1. The van der Waals surface area contributed by atoms with Gasteiger partial charge in [-0.05, 0) is 102 Å². The molecule has 50 heavy (non-hydrogen) atoms. The number of hydrogen-bond acceptors (Lipinski definition) is 9. The zero-order valence-corrected chi connectivity index (χ0v) is 29.1. The maximum absolute atomic E-state index is 12.5. The third-order valence-electron chi connectivity index (χ3n) is 7.25. The monoisotopic (exact) mass is 678 g/mol. The summed E-state index contributed by atoms with van der Waals surface area (Å²) in [7, 11) is 0. The summed E-state index contributed by atoms with van der Waals surface area (Å²) in [6.07, 6.45) is 2.45. The van der Waals surface area contributed by atoms with Crippen LogP contribution in [0, 0.1) is 0 Å². The summed E-state index contributed by atoms with van der Waals surface area (Å²) < 4.78 is 10.1. The number of nitrogens with two attached hydrogens (primary N) is 1. The number of fused-ring (bicyclic) bond motifs is 2. The lowest BCUT2D eigenvalue weighted by Gasteiger charge is -2.19. The molecule has 0 saturated heterocycles. The maximum atomic E-state index is 12.5. The van der Waals surface area contributed by atoms with E-state index >= 15 is 0 Å². The number of nitrogens with one attached hydrogen (secondary N) is 2. The third kappa shape index (κ3) is 9.99. The second-order valence-electron chi connectivity index (χ2n) is 12.2. The van der Waals surface area contributed by atoms with Crippen LogP contribution in [0.3, 0.4) is 0 Å². The van der Waals surface area contributed by atoms with E-state index in [1.165, 1.54) is 12.4 Å². The Kier molecular flexibility index (Phi) is 12.1. The average Bonchev–Trinajstić information content (AvgIpc) is 3.08. The molecule has 2 heterocycles. The van der Waals surface area contributed by atoms with Crippen LogP contribution >= 0.6 is 0 Å². The number of amides is 3. The fraction of sp³-hybridized carbons (Fsp3) is 0.263. The van der Waals surface area contributed by atoms with Crippen LogP contribution in [0.1, 0.15) is 72.6 Å². The topological polar surface area (TPSA) is 166 Å². The number of carbonyl (C=O) groups excluding carboxylic acids is 4. The van der Waals surface area contributed by atoms with Crippen LogP contribution in [0.15, 0.2) is 85.2 Å². The molecular weight excluding hydrogens is 636 g/mol. The van der Waals surface area contributed by atoms with E-state index in [1.54, 1.807) is 99.3 Å². The van der Waals surface area contributed by atoms with Crippen molar-refractivity contribution in [3.8, 4) is 0 Å². The summed E-state index contributed by atoms with van der Waals surface area (Å²) in [5.41, 5.74) is 9.86. The summed E-state index contributed by atoms with van der Waals surface area (Å²) >= 11 is 0. The normalized spacial score (nSPS) is 10.8. The molecule has 0 aliphatic carbocycles. The second kappa shape index (κ2) is 16.4. The molecular formula is C38H42N6O6. The SMILES string of the molecule is CCN(CC)C(=O)c1ccc(NC(=O)c2cnc3cc(N)ccc3c2)cc1.CCOC(=O)c1cnc2cc(NC(=O)OC(C)(C)C)ccc2c1. The highest BCUT2D eigenvalue weighted by Gasteiger charge is 2.17. The number of esters is 1. The molecule has 0 saturated carbocycles. The first-order valence-electron chi connectivity index (χ1n) is 16.2. The maximum Gasteiger partial charge on any atom is 0.412 e. The van der Waals surface area contributed by atoms with Crippen molar-refractivity contribution in [2.75, 3.05) is 36.1 Å². The molecule has 0 aliphatic heterocycles. The molecule has 5 rings (SSSR count). The first kappa shape index (κ1) is 36.8. The Balaban J connectivity index is 0.000000228. The zero-order chi connectivity index (χ0) is 36.4. The van der Waals surface area contributed by atoms with Gasteiger partial charge in [-0.2, -0.15) is 0 Å². The predicted molar refractivity (Wildman–Crippen MR) is 195 cm³/mol. The Morgan fingerprint density at radius 2 is 1.30 bits per heavy atom. The molecule has 4 N–H and O–H groups in total. The number of benzene rings is 3. The molecule has 0 unspecified atom stereocenters. The molecule has 0 spiro atoms. The fourth-order valence-corrected chi connectivity index (χ4v) is 4.80. The van der Waals surface area contributed by atoms with Crippen molar-refractivity contribution >= 4 is 62.7 Å². The van der Waals surface area contributed by atoms with Crippen molar-refractivity contribution in [3.63, 3.8) is 0 Å². The van der Waals surface area contributed by atoms with Crippen molar-refractivity contribution in [1.29, 1.82) is 0 Å². The molecule has 0 fully saturated rings. The van der Waals surface area contributed by atoms with Gasteiger partial charge in [0.15, 0.2) is 0 Å². The molecule has 260 valence electrons. The average molecular weight is 679 g/mol. The summed E-state index contributed by atoms with van der Waals surface area (Å²) in [4.78, 5) is 58.6. The Morgan fingerprint density at radius 3 is 1.92 bits per heavy atom. The van der Waals surface area contributed by atoms with Gasteiger partial charge in [-0.15, -0.1) is 0 Å². The largest absolute Gasteiger partial charge is 0.462 e. The van der Waals surface area contributed by atoms with Crippen LogP contribution in [-0.4, -0.2) is 64.0 Å². The molecule has 0 radical (unpaired) electrons. The lowest BCUT2D eigenvalue weighted by molar-refractivity contribution is 0.0524. The van der Waals surface area contributed by atoms with Crippen LogP contribution in [0.25, 0.3) is 21.8 Å². The van der Waals surface area contributed by atoms with Crippen molar-refractivity contribution in [2.24, 2.45) is 0 Å². The molecule has 5 aromatic rings. The number of carbonyl (C=O) groups is 4. The minimum atomic E-state index is -0.562. The third-order valence-corrected chi connectivity index (χ3v) is 7.25. The highest BCUT2D eigenvalue weighted by atomic mass is 16.6. The van der Waals surface area contributed by atoms with Gasteiger partial charge < -0.3 is 25.4 Å². The summed E-state index contributed by atoms with van der Waals surface area (Å²) in [5, 5.41) is 7.11. The van der Waals surface area contributed by atoms with Crippen molar-refractivity contribution in [3.05, 3.63) is 102 Å². The molecule has 12 nitrogen and oxygen atoms in total. The van der Waals surface area contributed by atoms with Gasteiger partial charge in [-0.1, -0.05) is 12.1 Å². The lowest BCUT2D eigenvalue weighted by atomic mass is 10.1. The Labute approximate surface area is 291 Å². The molecule has 0 aliphatic rings. The summed E-state index contributed by atoms with van der Waals surface area (Å²) in [6.45, 7) is 12.7. The molecule has 0 bridgehead atoms. The number of anilines is 3. The first-order chi connectivity index (χ1) is 23.8. The van der Waals surface area contributed by atoms with E-state index in [2.05, 4.69) is 20.6 Å². The number of aromatic nitrogens is 2. The Bertz CT molecular complexity index is 2000. The number of pyridine rings is 2. The van der Waals surface area contributed by atoms with E-state index in [0.29, 0.717) is 59.0 Å². The molecule has 2 aromatic heterocycles. The number of nitrogens with zero attached hydrogens (tertiary/aromatic N) is 3. The van der Waals surface area contributed by atoms with Gasteiger partial charge in [0.05, 0.1) is 28.8 Å². The van der Waals surface area contributed by atoms with Crippen LogP contribution in [0.2, 0.25) is 0 Å². The molecule has 0 atom stereocenters. The smallest absolute Gasteiger partial charge is 0.412 e. The summed E-state index contributed by atoms with van der Waals surface area (Å²) in [5.74, 6) is -0.683. The Hall–Kier alpha value is -6.04. The highest BCUT2D eigenvalue weighted by molar-refractivity contribution is 6.06. The molecule has 12 heteroatoms. The Morgan fingerprint density at radius 1 is 0.720 bits per heavy atom. The van der Waals surface area contributed by atoms with Gasteiger partial charge >= 0.3 is 12.1 Å². The van der Waals surface area contributed by atoms with Gasteiger partial charge in [-0.3, -0.25) is 24.9 Å². The number of nitrogen functional groups attached to an aromatic ring is 1. The van der Waals surface area contributed by atoms with Crippen LogP contribution < -0.4 is 16.4 Å². The lowest BCUT2D eigenvalue weighted by Crippen LogP contribution is -2.30. The van der Waals surface area contributed by atoms with Gasteiger partial charge in [0, 0.05) is 58.9 Å². The van der Waals surface area contributed by atoms with E-state index in [4.69, 9.17) is 15.2 Å². The number of rotatable bonds is 8. The van der Waals surface area contributed by atoms with Crippen molar-refractivity contribution in [2.45, 2.75) is 47.1 Å². The van der Waals surface area contributed by atoms with Gasteiger partial charge in [0.1, 0.15) is 5.60 Å². The van der Waals surface area contributed by atoms with Crippen molar-refractivity contribution in [1.82, 2.24) is 14.9 Å². The van der Waals surface area contributed by atoms with Gasteiger partial charge in [0.25, 0.3) is 11.8 Å². The fourth-order valence-electron chi connectivity index (χ4n) is 4.80. The van der Waals surface area contributed by atoms with E-state index in [9.17, 15) is 19.2 Å². The minimum absolute atomic E-state index is 0.0177. The number of hydrogen-bond donors (Lipinski definition) is 3. The predicted octanol–water partition coefficient (Wildman–Crippen LogP) is 7.31. The van der Waals surface area contributed by atoms with Crippen molar-refractivity contribution < 1.29 is 28.7 Å². The molecule has 3 aromatic carbocycles. The summed E-state index contributed by atoms with van der Waals surface area (Å²) in [6, 6.07) is 21.0. The molecule has 3 amide bonds. The van der Waals surface area contributed by atoms with Gasteiger partial charge in [0.2, 0.25) is 0 Å². The minimum Gasteiger partial charge on any atom is -0.462 e. The quantitative estimate of drug-likeness (QED) is 0.113. The van der Waals surface area contributed by atoms with E-state index < -0.39 is 17.7 Å². The van der Waals surface area contributed by atoms with Crippen LogP contribution in [0.4, 0.5) is 21.9 Å². The van der Waals surface area contributed by atoms with E-state index in [1.807, 2.05) is 19.9 Å². The van der Waals surface area contributed by atoms with E-state index in [0.717, 1.165) is 16.3 Å². The highest BCUT2D eigenvalue weighted by Crippen LogP contribution is 2.21. The van der Waals surface area contributed by atoms with Gasteiger partial charge in [-0.25, -0.2) is 9.59 Å². The van der Waals surface area contributed by atoms with Crippen LogP contribution in [0.5, 0.6) is 0 Å². The standard InChI is InChI=1S/C21H22N4O2.C17H20N2O4/c1-3-25(4-2)21(27)14-6-9-18(10-7-14)24-20(26)16-11-15-5-8-17(22)12-19(15)23-13-16;1-5-22-15(20)12-8-11-6-7-13(9-14(11)18-10-12)19-16(21)23-17(2,3)4/h5-13H,3-4,22H2,1-2H3,(H,24,26);6-10H,5H2,1-4H3,(H,19,21). The first-order valence-corrected chi connectivity index (χ1v) is 16.2.